The lowest BCUT2D eigenvalue weighted by Gasteiger charge is -2.35. The number of piperidine rings is 1. The summed E-state index contributed by atoms with van der Waals surface area (Å²) < 4.78 is 0. The fourth-order valence-electron chi connectivity index (χ4n) is 2.82. The molecule has 1 aromatic rings. The van der Waals surface area contributed by atoms with Crippen molar-refractivity contribution in [3.05, 3.63) is 23.8 Å². The van der Waals surface area contributed by atoms with Crippen molar-refractivity contribution >= 4 is 17.3 Å². The summed E-state index contributed by atoms with van der Waals surface area (Å²) in [6.07, 6.45) is 2.24. The van der Waals surface area contributed by atoms with Crippen LogP contribution in [0, 0.1) is 5.92 Å². The van der Waals surface area contributed by atoms with E-state index in [2.05, 4.69) is 23.9 Å². The number of hydrogen-bond donors (Lipinski definition) is 2. The van der Waals surface area contributed by atoms with Gasteiger partial charge in [-0.25, -0.2) is 4.79 Å². The van der Waals surface area contributed by atoms with Gasteiger partial charge in [0.15, 0.2) is 0 Å². The van der Waals surface area contributed by atoms with E-state index in [4.69, 9.17) is 10.8 Å². The monoisotopic (exact) mass is 277 g/mol. The van der Waals surface area contributed by atoms with Gasteiger partial charge in [-0.05, 0) is 51.1 Å². The third-order valence-corrected chi connectivity index (χ3v) is 3.86. The highest BCUT2D eigenvalue weighted by atomic mass is 16.4. The molecule has 1 saturated heterocycles. The van der Waals surface area contributed by atoms with E-state index in [-0.39, 0.29) is 0 Å². The fourth-order valence-corrected chi connectivity index (χ4v) is 2.82. The van der Waals surface area contributed by atoms with Crippen molar-refractivity contribution in [2.45, 2.75) is 12.8 Å². The lowest BCUT2D eigenvalue weighted by molar-refractivity contribution is 0.0697. The Hall–Kier alpha value is -1.75. The molecule has 0 amide bonds. The number of hydrogen-bond acceptors (Lipinski definition) is 4. The standard InChI is InChI=1S/C15H23N3O2/c1-17(2)10-11-5-7-18(8-6-11)14-9-12(15(19)20)3-4-13(14)16/h3-4,9,11H,5-8,10,16H2,1-2H3,(H,19,20). The molecule has 0 atom stereocenters. The summed E-state index contributed by atoms with van der Waals surface area (Å²) in [6, 6.07) is 4.93. The van der Waals surface area contributed by atoms with E-state index in [1.807, 2.05) is 0 Å². The van der Waals surface area contributed by atoms with Gasteiger partial charge in [-0.1, -0.05) is 0 Å². The number of nitrogens with zero attached hydrogens (tertiary/aromatic N) is 2. The molecule has 1 aliphatic rings. The van der Waals surface area contributed by atoms with E-state index in [9.17, 15) is 4.79 Å². The van der Waals surface area contributed by atoms with Gasteiger partial charge >= 0.3 is 5.97 Å². The Labute approximate surface area is 120 Å². The van der Waals surface area contributed by atoms with Crippen LogP contribution in [0.1, 0.15) is 23.2 Å². The van der Waals surface area contributed by atoms with Crippen molar-refractivity contribution in [2.75, 3.05) is 44.4 Å². The number of nitrogens with two attached hydrogens (primary N) is 1. The Morgan fingerprint density at radius 2 is 2.05 bits per heavy atom. The molecule has 0 aromatic heterocycles. The Morgan fingerprint density at radius 1 is 1.40 bits per heavy atom. The molecule has 0 radical (unpaired) electrons. The van der Waals surface area contributed by atoms with Gasteiger partial charge in [0, 0.05) is 19.6 Å². The summed E-state index contributed by atoms with van der Waals surface area (Å²) in [6.45, 7) is 2.98. The Balaban J connectivity index is 2.06. The fraction of sp³-hybridized carbons (Fsp3) is 0.533. The van der Waals surface area contributed by atoms with Crippen LogP contribution < -0.4 is 10.6 Å². The lowest BCUT2D eigenvalue weighted by atomic mass is 9.95. The van der Waals surface area contributed by atoms with Crippen molar-refractivity contribution in [3.63, 3.8) is 0 Å². The molecule has 0 bridgehead atoms. The van der Waals surface area contributed by atoms with Gasteiger partial charge in [-0.2, -0.15) is 0 Å². The maximum Gasteiger partial charge on any atom is 0.335 e. The van der Waals surface area contributed by atoms with E-state index in [1.54, 1.807) is 18.2 Å². The summed E-state index contributed by atoms with van der Waals surface area (Å²) in [4.78, 5) is 15.5. The number of carboxylic acid groups (broad SMARTS) is 1. The molecule has 3 N–H and O–H groups in total. The number of benzene rings is 1. The van der Waals surface area contributed by atoms with Crippen LogP contribution in [-0.2, 0) is 0 Å². The van der Waals surface area contributed by atoms with E-state index in [0.717, 1.165) is 38.2 Å². The molecule has 0 spiro atoms. The van der Waals surface area contributed by atoms with Crippen LogP contribution in [0.2, 0.25) is 0 Å². The first-order valence-corrected chi connectivity index (χ1v) is 7.00. The molecule has 5 nitrogen and oxygen atoms in total. The molecule has 1 aliphatic heterocycles. The number of carbonyl (C=O) groups is 1. The van der Waals surface area contributed by atoms with Gasteiger partial charge in [0.1, 0.15) is 0 Å². The summed E-state index contributed by atoms with van der Waals surface area (Å²) in [5.41, 5.74) is 7.80. The smallest absolute Gasteiger partial charge is 0.335 e. The summed E-state index contributed by atoms with van der Waals surface area (Å²) >= 11 is 0. The van der Waals surface area contributed by atoms with Gasteiger partial charge < -0.3 is 20.6 Å². The third kappa shape index (κ3) is 3.42. The maximum absolute atomic E-state index is 11.1. The number of carboxylic acids is 1. The molecule has 0 aliphatic carbocycles. The molecule has 110 valence electrons. The number of aromatic carboxylic acids is 1. The first-order valence-electron chi connectivity index (χ1n) is 7.00. The number of anilines is 2. The Bertz CT molecular complexity index is 480. The summed E-state index contributed by atoms with van der Waals surface area (Å²) in [5.74, 6) is -0.195. The van der Waals surface area contributed by atoms with Gasteiger partial charge in [0.2, 0.25) is 0 Å². The van der Waals surface area contributed by atoms with Gasteiger partial charge in [0.05, 0.1) is 16.9 Å². The van der Waals surface area contributed by atoms with E-state index >= 15 is 0 Å². The Morgan fingerprint density at radius 3 is 2.60 bits per heavy atom. The van der Waals surface area contributed by atoms with E-state index in [0.29, 0.717) is 17.2 Å². The predicted octanol–water partition coefficient (Wildman–Crippen LogP) is 1.74. The van der Waals surface area contributed by atoms with Crippen molar-refractivity contribution < 1.29 is 9.90 Å². The van der Waals surface area contributed by atoms with Crippen LogP contribution in [0.15, 0.2) is 18.2 Å². The van der Waals surface area contributed by atoms with Gasteiger partial charge in [-0.15, -0.1) is 0 Å². The largest absolute Gasteiger partial charge is 0.478 e. The van der Waals surface area contributed by atoms with Crippen molar-refractivity contribution in [1.29, 1.82) is 0 Å². The number of rotatable bonds is 4. The van der Waals surface area contributed by atoms with Crippen LogP contribution >= 0.6 is 0 Å². The zero-order chi connectivity index (χ0) is 14.7. The Kier molecular flexibility index (Phi) is 4.49. The SMILES string of the molecule is CN(C)CC1CCN(c2cc(C(=O)O)ccc2N)CC1. The molecule has 5 heteroatoms. The highest BCUT2D eigenvalue weighted by Crippen LogP contribution is 2.29. The average molecular weight is 277 g/mol. The van der Waals surface area contributed by atoms with Crippen LogP contribution in [0.5, 0.6) is 0 Å². The normalized spacial score (nSPS) is 16.6. The van der Waals surface area contributed by atoms with Crippen LogP contribution in [0.3, 0.4) is 0 Å². The molecular weight excluding hydrogens is 254 g/mol. The second-order valence-corrected chi connectivity index (χ2v) is 5.77. The number of nitrogen functional groups attached to an aromatic ring is 1. The first kappa shape index (κ1) is 14.7. The van der Waals surface area contributed by atoms with Crippen LogP contribution in [0.4, 0.5) is 11.4 Å². The highest BCUT2D eigenvalue weighted by Gasteiger charge is 2.21. The second-order valence-electron chi connectivity index (χ2n) is 5.77. The minimum Gasteiger partial charge on any atom is -0.478 e. The first-order chi connectivity index (χ1) is 9.47. The van der Waals surface area contributed by atoms with E-state index < -0.39 is 5.97 Å². The lowest BCUT2D eigenvalue weighted by Crippen LogP contribution is -2.37. The molecule has 0 unspecified atom stereocenters. The minimum atomic E-state index is -0.909. The quantitative estimate of drug-likeness (QED) is 0.820. The van der Waals surface area contributed by atoms with E-state index in [1.165, 1.54) is 0 Å². The third-order valence-electron chi connectivity index (χ3n) is 3.86. The molecule has 1 aromatic carbocycles. The van der Waals surface area contributed by atoms with Crippen molar-refractivity contribution in [3.8, 4) is 0 Å². The summed E-state index contributed by atoms with van der Waals surface area (Å²) in [5, 5.41) is 9.07. The molecule has 1 heterocycles. The maximum atomic E-state index is 11.1. The topological polar surface area (TPSA) is 69.8 Å². The zero-order valence-corrected chi connectivity index (χ0v) is 12.2. The molecule has 20 heavy (non-hydrogen) atoms. The van der Waals surface area contributed by atoms with Crippen LogP contribution in [0.25, 0.3) is 0 Å². The average Bonchev–Trinajstić information content (AvgIpc) is 2.39. The highest BCUT2D eigenvalue weighted by molar-refractivity contribution is 5.90. The predicted molar refractivity (Wildman–Crippen MR) is 81.3 cm³/mol. The second kappa shape index (κ2) is 6.13. The zero-order valence-electron chi connectivity index (χ0n) is 12.2. The van der Waals surface area contributed by atoms with Crippen LogP contribution in [-0.4, -0.2) is 49.7 Å². The van der Waals surface area contributed by atoms with Crippen molar-refractivity contribution in [1.82, 2.24) is 4.90 Å². The summed E-state index contributed by atoms with van der Waals surface area (Å²) in [7, 11) is 4.20. The molecule has 1 fully saturated rings. The molecular formula is C15H23N3O2. The van der Waals surface area contributed by atoms with Gasteiger partial charge in [0.25, 0.3) is 0 Å². The van der Waals surface area contributed by atoms with Crippen molar-refractivity contribution in [2.24, 2.45) is 5.92 Å². The molecule has 0 saturated carbocycles. The minimum absolute atomic E-state index is 0.296. The van der Waals surface area contributed by atoms with Gasteiger partial charge in [-0.3, -0.25) is 0 Å². The molecule has 2 rings (SSSR count).